The van der Waals surface area contributed by atoms with Crippen molar-refractivity contribution in [3.63, 3.8) is 0 Å². The van der Waals surface area contributed by atoms with Crippen LogP contribution in [0.5, 0.6) is 5.75 Å². The first kappa shape index (κ1) is 13.4. The molecule has 1 aliphatic heterocycles. The highest BCUT2D eigenvalue weighted by molar-refractivity contribution is 5.95. The molecule has 0 saturated carbocycles. The van der Waals surface area contributed by atoms with Crippen LogP contribution < -0.4 is 10.1 Å². The van der Waals surface area contributed by atoms with Gasteiger partial charge in [0.15, 0.2) is 6.61 Å². The Balaban J connectivity index is 2.02. The van der Waals surface area contributed by atoms with Crippen molar-refractivity contribution in [2.24, 2.45) is 0 Å². The molecule has 1 amide bonds. The van der Waals surface area contributed by atoms with Gasteiger partial charge in [0.05, 0.1) is 11.8 Å². The highest BCUT2D eigenvalue weighted by Gasteiger charge is 2.28. The molecule has 19 heavy (non-hydrogen) atoms. The zero-order valence-electron chi connectivity index (χ0n) is 10.8. The highest BCUT2D eigenvalue weighted by Crippen LogP contribution is 2.26. The van der Waals surface area contributed by atoms with E-state index in [9.17, 15) is 4.79 Å². The number of ether oxygens (including phenoxy) is 2. The highest BCUT2D eigenvalue weighted by atomic mass is 16.5. The van der Waals surface area contributed by atoms with Crippen LogP contribution in [0.3, 0.4) is 0 Å². The van der Waals surface area contributed by atoms with Crippen LogP contribution in [-0.4, -0.2) is 24.7 Å². The Bertz CT molecular complexity index is 496. The maximum atomic E-state index is 12.0. The number of hydrogen-bond acceptors (Lipinski definition) is 4. The molecular formula is C14H16N2O3. The van der Waals surface area contributed by atoms with Crippen LogP contribution in [0.1, 0.15) is 19.8 Å². The first-order valence-electron chi connectivity index (χ1n) is 6.26. The monoisotopic (exact) mass is 260 g/mol. The van der Waals surface area contributed by atoms with Crippen molar-refractivity contribution < 1.29 is 14.3 Å². The molecule has 0 aliphatic carbocycles. The molecule has 5 heteroatoms. The Morgan fingerprint density at radius 2 is 2.32 bits per heavy atom. The lowest BCUT2D eigenvalue weighted by atomic mass is 10.2. The molecule has 0 radical (unpaired) electrons. The molecule has 2 unspecified atom stereocenters. The van der Waals surface area contributed by atoms with Gasteiger partial charge in [-0.3, -0.25) is 4.79 Å². The average molecular weight is 260 g/mol. The molecule has 1 N–H and O–H groups in total. The molecule has 1 saturated heterocycles. The van der Waals surface area contributed by atoms with Crippen LogP contribution in [0.4, 0.5) is 5.69 Å². The molecule has 100 valence electrons. The lowest BCUT2D eigenvalue weighted by molar-refractivity contribution is -0.126. The number of carbonyl (C=O) groups is 1. The predicted octanol–water partition coefficient (Wildman–Crippen LogP) is 2.09. The number of para-hydroxylation sites is 2. The van der Waals surface area contributed by atoms with Crippen molar-refractivity contribution in [2.45, 2.75) is 32.0 Å². The first-order chi connectivity index (χ1) is 9.20. The number of hydrogen-bond donors (Lipinski definition) is 1. The molecule has 1 aromatic rings. The molecule has 1 aromatic carbocycles. The first-order valence-corrected chi connectivity index (χ1v) is 6.26. The van der Waals surface area contributed by atoms with Gasteiger partial charge in [-0.2, -0.15) is 5.26 Å². The molecule has 1 fully saturated rings. The van der Waals surface area contributed by atoms with Crippen LogP contribution in [0.2, 0.25) is 0 Å². The number of nitrogens with one attached hydrogen (secondary N) is 1. The van der Waals surface area contributed by atoms with E-state index in [1.54, 1.807) is 24.3 Å². The Hall–Kier alpha value is -2.06. The van der Waals surface area contributed by atoms with Crippen LogP contribution in [0, 0.1) is 11.3 Å². The summed E-state index contributed by atoms with van der Waals surface area (Å²) >= 11 is 0. The summed E-state index contributed by atoms with van der Waals surface area (Å²) in [5.41, 5.74) is 0.561. The van der Waals surface area contributed by atoms with Gasteiger partial charge in [0.25, 0.3) is 5.91 Å². The number of carbonyl (C=O) groups excluding carboxylic acids is 1. The smallest absolute Gasteiger partial charge is 0.253 e. The van der Waals surface area contributed by atoms with Crippen molar-refractivity contribution in [3.05, 3.63) is 24.3 Å². The van der Waals surface area contributed by atoms with Gasteiger partial charge in [-0.05, 0) is 31.9 Å². The molecule has 2 rings (SSSR count). The minimum absolute atomic E-state index is 0.0517. The van der Waals surface area contributed by atoms with Gasteiger partial charge in [-0.1, -0.05) is 12.1 Å². The minimum Gasteiger partial charge on any atom is -0.477 e. The van der Waals surface area contributed by atoms with Gasteiger partial charge in [-0.25, -0.2) is 0 Å². The Morgan fingerprint density at radius 1 is 1.53 bits per heavy atom. The fraction of sp³-hybridized carbons (Fsp3) is 0.429. The normalized spacial score (nSPS) is 21.7. The van der Waals surface area contributed by atoms with Gasteiger partial charge in [-0.15, -0.1) is 0 Å². The number of nitriles is 1. The number of rotatable bonds is 4. The minimum atomic E-state index is -0.404. The standard InChI is InChI=1S/C14H16N2O3/c1-10-6-7-13(19-10)14(17)16-11-4-2-3-5-12(11)18-9-8-15/h2-5,10,13H,6-7,9H2,1H3,(H,16,17). The molecule has 1 heterocycles. The third-order valence-electron chi connectivity index (χ3n) is 2.96. The van der Waals surface area contributed by atoms with E-state index in [1.807, 2.05) is 13.0 Å². The van der Waals surface area contributed by atoms with Crippen molar-refractivity contribution >= 4 is 11.6 Å². The second-order valence-corrected chi connectivity index (χ2v) is 4.44. The van der Waals surface area contributed by atoms with Gasteiger partial charge < -0.3 is 14.8 Å². The molecule has 0 spiro atoms. The summed E-state index contributed by atoms with van der Waals surface area (Å²) in [4.78, 5) is 12.0. The van der Waals surface area contributed by atoms with Crippen LogP contribution in [-0.2, 0) is 9.53 Å². The number of benzene rings is 1. The number of amides is 1. The zero-order valence-corrected chi connectivity index (χ0v) is 10.8. The van der Waals surface area contributed by atoms with E-state index in [2.05, 4.69) is 5.32 Å². The lowest BCUT2D eigenvalue weighted by Gasteiger charge is -2.14. The van der Waals surface area contributed by atoms with E-state index in [-0.39, 0.29) is 18.6 Å². The van der Waals surface area contributed by atoms with Crippen molar-refractivity contribution in [1.82, 2.24) is 0 Å². The Morgan fingerprint density at radius 3 is 3.00 bits per heavy atom. The topological polar surface area (TPSA) is 71.3 Å². The van der Waals surface area contributed by atoms with Crippen molar-refractivity contribution in [2.75, 3.05) is 11.9 Å². The predicted molar refractivity (Wildman–Crippen MR) is 69.7 cm³/mol. The van der Waals surface area contributed by atoms with Gasteiger partial charge >= 0.3 is 0 Å². The van der Waals surface area contributed by atoms with Gasteiger partial charge in [0.2, 0.25) is 0 Å². The SMILES string of the molecule is CC1CCC(C(=O)Nc2ccccc2OCC#N)O1. The fourth-order valence-electron chi connectivity index (χ4n) is 2.01. The molecule has 0 aromatic heterocycles. The molecular weight excluding hydrogens is 244 g/mol. The maximum Gasteiger partial charge on any atom is 0.253 e. The van der Waals surface area contributed by atoms with Crippen molar-refractivity contribution in [1.29, 1.82) is 5.26 Å². The third kappa shape index (κ3) is 3.46. The third-order valence-corrected chi connectivity index (χ3v) is 2.96. The largest absolute Gasteiger partial charge is 0.477 e. The molecule has 0 bridgehead atoms. The van der Waals surface area contributed by atoms with E-state index >= 15 is 0 Å². The number of anilines is 1. The van der Waals surface area contributed by atoms with Gasteiger partial charge in [0.1, 0.15) is 17.9 Å². The van der Waals surface area contributed by atoms with E-state index in [4.69, 9.17) is 14.7 Å². The summed E-state index contributed by atoms with van der Waals surface area (Å²) in [7, 11) is 0. The van der Waals surface area contributed by atoms with E-state index in [0.717, 1.165) is 12.8 Å². The van der Waals surface area contributed by atoms with Gasteiger partial charge in [0, 0.05) is 0 Å². The van der Waals surface area contributed by atoms with E-state index < -0.39 is 6.10 Å². The summed E-state index contributed by atoms with van der Waals surface area (Å²) in [6.45, 7) is 1.90. The lowest BCUT2D eigenvalue weighted by Crippen LogP contribution is -2.27. The van der Waals surface area contributed by atoms with Crippen LogP contribution in [0.15, 0.2) is 24.3 Å². The van der Waals surface area contributed by atoms with Crippen molar-refractivity contribution in [3.8, 4) is 11.8 Å². The summed E-state index contributed by atoms with van der Waals surface area (Å²) in [5, 5.41) is 11.3. The molecule has 2 atom stereocenters. The Kier molecular flexibility index (Phi) is 4.37. The summed E-state index contributed by atoms with van der Waals surface area (Å²) in [6.07, 6.45) is 1.35. The summed E-state index contributed by atoms with van der Waals surface area (Å²) < 4.78 is 10.8. The summed E-state index contributed by atoms with van der Waals surface area (Å²) in [6, 6.07) is 8.94. The second kappa shape index (κ2) is 6.21. The molecule has 5 nitrogen and oxygen atoms in total. The van der Waals surface area contributed by atoms with Crippen LogP contribution in [0.25, 0.3) is 0 Å². The van der Waals surface area contributed by atoms with E-state index in [0.29, 0.717) is 11.4 Å². The zero-order chi connectivity index (χ0) is 13.7. The van der Waals surface area contributed by atoms with E-state index in [1.165, 1.54) is 0 Å². The summed E-state index contributed by atoms with van der Waals surface area (Å²) in [5.74, 6) is 0.320. The van der Waals surface area contributed by atoms with Crippen LogP contribution >= 0.6 is 0 Å². The second-order valence-electron chi connectivity index (χ2n) is 4.44. The Labute approximate surface area is 112 Å². The fourth-order valence-corrected chi connectivity index (χ4v) is 2.01. The number of nitrogens with zero attached hydrogens (tertiary/aromatic N) is 1. The molecule has 1 aliphatic rings. The maximum absolute atomic E-state index is 12.0. The quantitative estimate of drug-likeness (QED) is 0.899. The average Bonchev–Trinajstić information content (AvgIpc) is 2.84.